The summed E-state index contributed by atoms with van der Waals surface area (Å²) < 4.78 is 6.61. The van der Waals surface area contributed by atoms with Gasteiger partial charge < -0.3 is 4.74 Å². The smallest absolute Gasteiger partial charge is 0.317 e. The maximum atomic E-state index is 13.9. The molecule has 36 heavy (non-hydrogen) atoms. The lowest BCUT2D eigenvalue weighted by Gasteiger charge is -2.37. The summed E-state index contributed by atoms with van der Waals surface area (Å²) in [6.45, 7) is 0.252. The molecular formula is C29H23IN4O2. The van der Waals surface area contributed by atoms with E-state index in [4.69, 9.17) is 9.72 Å². The molecule has 1 aliphatic rings. The largest absolute Gasteiger partial charge is 0.460 e. The summed E-state index contributed by atoms with van der Waals surface area (Å²) in [6, 6.07) is 26.4. The van der Waals surface area contributed by atoms with E-state index in [2.05, 4.69) is 62.0 Å². The molecule has 0 amide bonds. The molecule has 6 rings (SSSR count). The van der Waals surface area contributed by atoms with Crippen molar-refractivity contribution in [2.75, 3.05) is 0 Å². The van der Waals surface area contributed by atoms with Gasteiger partial charge in [0.15, 0.2) is 9.48 Å². The summed E-state index contributed by atoms with van der Waals surface area (Å²) in [4.78, 5) is 23.1. The summed E-state index contributed by atoms with van der Waals surface area (Å²) in [6.07, 6.45) is 3.85. The van der Waals surface area contributed by atoms with Crippen molar-refractivity contribution in [2.24, 2.45) is 0 Å². The third-order valence-corrected chi connectivity index (χ3v) is 7.49. The van der Waals surface area contributed by atoms with Crippen LogP contribution >= 0.6 is 22.6 Å². The Morgan fingerprint density at radius 2 is 1.78 bits per heavy atom. The zero-order valence-corrected chi connectivity index (χ0v) is 21.6. The van der Waals surface area contributed by atoms with Gasteiger partial charge in [0.2, 0.25) is 0 Å². The molecule has 2 aromatic heterocycles. The highest BCUT2D eigenvalue weighted by Crippen LogP contribution is 2.41. The third-order valence-electron chi connectivity index (χ3n) is 7.01. The molecule has 1 atom stereocenters. The Morgan fingerprint density at radius 1 is 0.972 bits per heavy atom. The van der Waals surface area contributed by atoms with Gasteiger partial charge in [0.1, 0.15) is 6.61 Å². The van der Waals surface area contributed by atoms with Gasteiger partial charge in [-0.25, -0.2) is 9.97 Å². The van der Waals surface area contributed by atoms with Crippen LogP contribution in [0.25, 0.3) is 22.3 Å². The van der Waals surface area contributed by atoms with E-state index in [0.717, 1.165) is 34.2 Å². The second-order valence-electron chi connectivity index (χ2n) is 9.14. The van der Waals surface area contributed by atoms with Crippen LogP contribution in [0.1, 0.15) is 28.7 Å². The highest BCUT2D eigenvalue weighted by atomic mass is 127. The quantitative estimate of drug-likeness (QED) is 0.160. The monoisotopic (exact) mass is 586 g/mol. The molecule has 1 unspecified atom stereocenters. The molecule has 7 heteroatoms. The molecule has 0 saturated carbocycles. The molecule has 1 aliphatic carbocycles. The normalized spacial score (nSPS) is 17.0. The van der Waals surface area contributed by atoms with Crippen LogP contribution in [0.5, 0.6) is 0 Å². The van der Waals surface area contributed by atoms with Crippen LogP contribution in [0, 0.1) is 3.83 Å². The molecular weight excluding hydrogens is 563 g/mol. The second kappa shape index (κ2) is 9.46. The molecule has 178 valence electrons. The fourth-order valence-corrected chi connectivity index (χ4v) is 5.61. The SMILES string of the molecule is O=C(OCc1ccccc1)C1(c2cccc(-c3nc(I)nc4[nH]ncc34)c2)CCc2ccccc2C1. The van der Waals surface area contributed by atoms with E-state index in [1.165, 1.54) is 11.1 Å². The lowest BCUT2D eigenvalue weighted by Crippen LogP contribution is -2.42. The topological polar surface area (TPSA) is 80.8 Å². The molecule has 1 N–H and O–H groups in total. The maximum absolute atomic E-state index is 13.9. The van der Waals surface area contributed by atoms with Crippen molar-refractivity contribution in [2.45, 2.75) is 31.3 Å². The molecule has 0 aliphatic heterocycles. The molecule has 5 aromatic rings. The lowest BCUT2D eigenvalue weighted by molar-refractivity contribution is -0.152. The van der Waals surface area contributed by atoms with Gasteiger partial charge in [-0.3, -0.25) is 9.89 Å². The average molecular weight is 586 g/mol. The predicted octanol–water partition coefficient (Wildman–Crippen LogP) is 5.79. The van der Waals surface area contributed by atoms with Gasteiger partial charge >= 0.3 is 5.97 Å². The van der Waals surface area contributed by atoms with E-state index in [1.54, 1.807) is 6.20 Å². The standard InChI is InChI=1S/C29H23IN4O2/c30-28-32-25(24-17-31-34-26(24)33-28)21-11-6-12-23(15-21)29(14-13-20-9-4-5-10-22(20)16-29)27(35)36-18-19-7-2-1-3-8-19/h1-12,15,17H,13-14,16,18H2,(H,31,32,33,34). The van der Waals surface area contributed by atoms with Gasteiger partial charge in [-0.2, -0.15) is 5.10 Å². The number of H-pyrrole nitrogens is 1. The summed E-state index contributed by atoms with van der Waals surface area (Å²) in [5, 5.41) is 7.94. The number of halogens is 1. The number of rotatable bonds is 5. The first-order valence-corrected chi connectivity index (χ1v) is 13.0. The minimum Gasteiger partial charge on any atom is -0.460 e. The molecule has 6 nitrogen and oxygen atoms in total. The first-order valence-electron chi connectivity index (χ1n) is 11.9. The number of hydrogen-bond acceptors (Lipinski definition) is 5. The van der Waals surface area contributed by atoms with E-state index >= 15 is 0 Å². The number of aryl methyl sites for hydroxylation is 1. The minimum atomic E-state index is -0.783. The zero-order chi connectivity index (χ0) is 24.5. The van der Waals surface area contributed by atoms with Crippen molar-refractivity contribution in [1.29, 1.82) is 0 Å². The van der Waals surface area contributed by atoms with Gasteiger partial charge in [0, 0.05) is 28.2 Å². The van der Waals surface area contributed by atoms with Gasteiger partial charge in [0.25, 0.3) is 0 Å². The van der Waals surface area contributed by atoms with Gasteiger partial charge in [-0.15, -0.1) is 0 Å². The number of hydrogen-bond donors (Lipinski definition) is 1. The van der Waals surface area contributed by atoms with Crippen LogP contribution in [0.2, 0.25) is 0 Å². The molecule has 0 radical (unpaired) electrons. The van der Waals surface area contributed by atoms with Crippen molar-refractivity contribution in [1.82, 2.24) is 20.2 Å². The van der Waals surface area contributed by atoms with Crippen molar-refractivity contribution in [3.63, 3.8) is 0 Å². The predicted molar refractivity (Wildman–Crippen MR) is 146 cm³/mol. The van der Waals surface area contributed by atoms with Gasteiger partial charge in [-0.05, 0) is 47.6 Å². The average Bonchev–Trinajstić information content (AvgIpc) is 3.40. The van der Waals surface area contributed by atoms with Gasteiger partial charge in [-0.1, -0.05) is 72.8 Å². The number of fused-ring (bicyclic) bond motifs is 2. The second-order valence-corrected chi connectivity index (χ2v) is 10.1. The van der Waals surface area contributed by atoms with Crippen LogP contribution in [-0.2, 0) is 34.4 Å². The van der Waals surface area contributed by atoms with Crippen LogP contribution < -0.4 is 0 Å². The Kier molecular flexibility index (Phi) is 6.00. The number of benzene rings is 3. The van der Waals surface area contributed by atoms with Crippen molar-refractivity contribution < 1.29 is 9.53 Å². The molecule has 2 heterocycles. The highest BCUT2D eigenvalue weighted by Gasteiger charge is 2.44. The first kappa shape index (κ1) is 22.8. The number of carbonyl (C=O) groups is 1. The minimum absolute atomic E-state index is 0.191. The number of nitrogens with zero attached hydrogens (tertiary/aromatic N) is 3. The van der Waals surface area contributed by atoms with Crippen molar-refractivity contribution in [3.8, 4) is 11.3 Å². The molecule has 0 saturated heterocycles. The molecule has 0 spiro atoms. The Bertz CT molecular complexity index is 1570. The Labute approximate surface area is 222 Å². The Balaban J connectivity index is 1.43. The fraction of sp³-hybridized carbons (Fsp3) is 0.172. The number of aromatic amines is 1. The summed E-state index contributed by atoms with van der Waals surface area (Å²) in [7, 11) is 0. The molecule has 0 bridgehead atoms. The highest BCUT2D eigenvalue weighted by molar-refractivity contribution is 14.1. The first-order chi connectivity index (χ1) is 17.6. The molecule has 3 aromatic carbocycles. The number of aromatic nitrogens is 4. The van der Waals surface area contributed by atoms with E-state index in [9.17, 15) is 4.79 Å². The van der Waals surface area contributed by atoms with Crippen LogP contribution in [0.3, 0.4) is 0 Å². The van der Waals surface area contributed by atoms with E-state index in [1.807, 2.05) is 54.6 Å². The van der Waals surface area contributed by atoms with Crippen molar-refractivity contribution in [3.05, 3.63) is 111 Å². The summed E-state index contributed by atoms with van der Waals surface area (Å²) >= 11 is 2.12. The Hall–Kier alpha value is -3.59. The van der Waals surface area contributed by atoms with E-state index in [0.29, 0.717) is 22.3 Å². The zero-order valence-electron chi connectivity index (χ0n) is 19.4. The maximum Gasteiger partial charge on any atom is 0.317 e. The van der Waals surface area contributed by atoms with Crippen LogP contribution in [-0.4, -0.2) is 26.1 Å². The molecule has 0 fully saturated rings. The Morgan fingerprint density at radius 3 is 2.64 bits per heavy atom. The van der Waals surface area contributed by atoms with E-state index in [-0.39, 0.29) is 12.6 Å². The van der Waals surface area contributed by atoms with Crippen LogP contribution in [0.4, 0.5) is 0 Å². The van der Waals surface area contributed by atoms with Crippen molar-refractivity contribution >= 4 is 39.6 Å². The van der Waals surface area contributed by atoms with Gasteiger partial charge in [0.05, 0.1) is 22.7 Å². The number of esters is 1. The summed E-state index contributed by atoms with van der Waals surface area (Å²) in [5.74, 6) is -0.191. The summed E-state index contributed by atoms with van der Waals surface area (Å²) in [5.41, 5.74) is 6.04. The number of ether oxygens (including phenoxy) is 1. The van der Waals surface area contributed by atoms with E-state index < -0.39 is 5.41 Å². The number of carbonyl (C=O) groups excluding carboxylic acids is 1. The lowest BCUT2D eigenvalue weighted by atomic mass is 9.67. The van der Waals surface area contributed by atoms with Crippen LogP contribution in [0.15, 0.2) is 85.1 Å². The number of nitrogens with one attached hydrogen (secondary N) is 1. The fourth-order valence-electron chi connectivity index (χ4n) is 5.13. The third kappa shape index (κ3) is 4.17.